The highest BCUT2D eigenvalue weighted by molar-refractivity contribution is 5.85. The second-order valence-corrected chi connectivity index (χ2v) is 8.10. The van der Waals surface area contributed by atoms with Gasteiger partial charge in [-0.25, -0.2) is 0 Å². The fraction of sp³-hybridized carbons (Fsp3) is 0.179. The Hall–Kier alpha value is -3.63. The maximum atomic E-state index is 5.93. The normalized spacial score (nSPS) is 14.8. The van der Waals surface area contributed by atoms with Gasteiger partial charge < -0.3 is 4.74 Å². The summed E-state index contributed by atoms with van der Waals surface area (Å²) in [5.74, 6) is 1.66. The molecule has 1 fully saturated rings. The summed E-state index contributed by atoms with van der Waals surface area (Å²) < 4.78 is 5.93. The number of ether oxygens (including phenoxy) is 1. The highest BCUT2D eigenvalue weighted by Gasteiger charge is 2.16. The van der Waals surface area contributed by atoms with Gasteiger partial charge in [-0.05, 0) is 46.2 Å². The monoisotopic (exact) mass is 421 g/mol. The van der Waals surface area contributed by atoms with Gasteiger partial charge in [0.1, 0.15) is 11.5 Å². The van der Waals surface area contributed by atoms with E-state index in [-0.39, 0.29) is 0 Å². The van der Waals surface area contributed by atoms with E-state index >= 15 is 0 Å². The summed E-state index contributed by atoms with van der Waals surface area (Å²) in [5.41, 5.74) is 2.44. The molecule has 4 aromatic rings. The fourth-order valence-electron chi connectivity index (χ4n) is 4.11. The Kier molecular flexibility index (Phi) is 6.13. The Balaban J connectivity index is 1.17. The first-order valence-electron chi connectivity index (χ1n) is 11.1. The Morgan fingerprint density at radius 3 is 2.31 bits per heavy atom. The zero-order valence-electron chi connectivity index (χ0n) is 18.1. The summed E-state index contributed by atoms with van der Waals surface area (Å²) >= 11 is 0. The van der Waals surface area contributed by atoms with E-state index in [1.54, 1.807) is 0 Å². The quantitative estimate of drug-likeness (QED) is 0.369. The molecule has 0 radical (unpaired) electrons. The Morgan fingerprint density at radius 1 is 0.719 bits per heavy atom. The van der Waals surface area contributed by atoms with Gasteiger partial charge in [0.2, 0.25) is 0 Å². The molecule has 0 amide bonds. The molecule has 0 N–H and O–H groups in total. The van der Waals surface area contributed by atoms with Crippen molar-refractivity contribution in [1.82, 2.24) is 9.91 Å². The Labute approximate surface area is 189 Å². The molecule has 0 saturated carbocycles. The lowest BCUT2D eigenvalue weighted by molar-refractivity contribution is 0.131. The molecule has 160 valence electrons. The lowest BCUT2D eigenvalue weighted by atomic mass is 10.0. The smallest absolute Gasteiger partial charge is 0.128 e. The van der Waals surface area contributed by atoms with Crippen molar-refractivity contribution < 1.29 is 4.74 Å². The van der Waals surface area contributed by atoms with Crippen LogP contribution < -0.4 is 4.74 Å². The van der Waals surface area contributed by atoms with E-state index in [2.05, 4.69) is 58.4 Å². The second kappa shape index (κ2) is 9.67. The van der Waals surface area contributed by atoms with E-state index in [1.807, 2.05) is 54.7 Å². The molecular formula is C28H27N3O. The van der Waals surface area contributed by atoms with Gasteiger partial charge in [-0.2, -0.15) is 5.10 Å². The van der Waals surface area contributed by atoms with Crippen molar-refractivity contribution in [3.63, 3.8) is 0 Å². The molecule has 5 rings (SSSR count). The number of nitrogens with zero attached hydrogens (tertiary/aromatic N) is 3. The molecule has 0 atom stereocenters. The maximum Gasteiger partial charge on any atom is 0.128 e. The molecule has 4 heteroatoms. The first kappa shape index (κ1) is 20.3. The van der Waals surface area contributed by atoms with Crippen LogP contribution >= 0.6 is 0 Å². The summed E-state index contributed by atoms with van der Waals surface area (Å²) in [4.78, 5) is 2.52. The molecule has 1 heterocycles. The van der Waals surface area contributed by atoms with Crippen LogP contribution in [0.25, 0.3) is 10.8 Å². The maximum absolute atomic E-state index is 5.93. The van der Waals surface area contributed by atoms with Crippen molar-refractivity contribution in [2.75, 3.05) is 26.2 Å². The molecule has 0 aliphatic carbocycles. The van der Waals surface area contributed by atoms with Gasteiger partial charge in [-0.15, -0.1) is 0 Å². The molecule has 0 unspecified atom stereocenters. The Morgan fingerprint density at radius 2 is 1.44 bits per heavy atom. The second-order valence-electron chi connectivity index (χ2n) is 8.10. The minimum absolute atomic E-state index is 0.819. The van der Waals surface area contributed by atoms with Gasteiger partial charge in [0.15, 0.2) is 0 Å². The van der Waals surface area contributed by atoms with Crippen LogP contribution in [0.3, 0.4) is 0 Å². The average molecular weight is 422 g/mol. The van der Waals surface area contributed by atoms with E-state index in [0.717, 1.165) is 49.8 Å². The van der Waals surface area contributed by atoms with E-state index in [9.17, 15) is 0 Å². The van der Waals surface area contributed by atoms with Crippen LogP contribution in [0.5, 0.6) is 11.5 Å². The summed E-state index contributed by atoms with van der Waals surface area (Å²) in [5, 5.41) is 9.54. The predicted octanol–water partition coefficient (Wildman–Crippen LogP) is 5.78. The van der Waals surface area contributed by atoms with Crippen molar-refractivity contribution in [3.05, 3.63) is 108 Å². The highest BCUT2D eigenvalue weighted by Crippen LogP contribution is 2.22. The number of hydrazone groups is 1. The lowest BCUT2D eigenvalue weighted by Crippen LogP contribution is -2.43. The number of para-hydroxylation sites is 1. The van der Waals surface area contributed by atoms with Gasteiger partial charge in [0.05, 0.1) is 6.21 Å². The predicted molar refractivity (Wildman–Crippen MR) is 131 cm³/mol. The van der Waals surface area contributed by atoms with Crippen LogP contribution in [0.15, 0.2) is 102 Å². The lowest BCUT2D eigenvalue weighted by Gasteiger charge is -2.33. The summed E-state index contributed by atoms with van der Waals surface area (Å²) in [6.07, 6.45) is 1.93. The highest BCUT2D eigenvalue weighted by atomic mass is 16.5. The van der Waals surface area contributed by atoms with Crippen LogP contribution in [0.2, 0.25) is 0 Å². The largest absolute Gasteiger partial charge is 0.457 e. The number of rotatable bonds is 6. The van der Waals surface area contributed by atoms with Crippen molar-refractivity contribution in [3.8, 4) is 11.5 Å². The van der Waals surface area contributed by atoms with E-state index in [0.29, 0.717) is 0 Å². The number of hydrogen-bond donors (Lipinski definition) is 0. The van der Waals surface area contributed by atoms with Gasteiger partial charge in [-0.1, -0.05) is 72.8 Å². The fourth-order valence-corrected chi connectivity index (χ4v) is 4.11. The van der Waals surface area contributed by atoms with Gasteiger partial charge >= 0.3 is 0 Å². The van der Waals surface area contributed by atoms with Crippen molar-refractivity contribution in [1.29, 1.82) is 0 Å². The summed E-state index contributed by atoms with van der Waals surface area (Å²) in [6.45, 7) is 4.87. The molecule has 0 spiro atoms. The number of fused-ring (bicyclic) bond motifs is 1. The molecule has 0 bridgehead atoms. The van der Waals surface area contributed by atoms with Crippen molar-refractivity contribution >= 4 is 17.0 Å². The first-order chi connectivity index (χ1) is 15.8. The first-order valence-corrected chi connectivity index (χ1v) is 11.1. The third kappa shape index (κ3) is 4.98. The van der Waals surface area contributed by atoms with Crippen LogP contribution in [0.1, 0.15) is 11.1 Å². The van der Waals surface area contributed by atoms with Crippen LogP contribution in [0.4, 0.5) is 0 Å². The summed E-state index contributed by atoms with van der Waals surface area (Å²) in [6, 6.07) is 33.1. The molecule has 32 heavy (non-hydrogen) atoms. The third-order valence-corrected chi connectivity index (χ3v) is 5.83. The minimum atomic E-state index is 0.819. The number of hydrogen-bond acceptors (Lipinski definition) is 4. The van der Waals surface area contributed by atoms with Crippen molar-refractivity contribution in [2.45, 2.75) is 6.54 Å². The molecule has 0 aromatic heterocycles. The minimum Gasteiger partial charge on any atom is -0.457 e. The molecule has 4 nitrogen and oxygen atoms in total. The zero-order chi connectivity index (χ0) is 21.6. The molecule has 1 saturated heterocycles. The summed E-state index contributed by atoms with van der Waals surface area (Å²) in [7, 11) is 0. The van der Waals surface area contributed by atoms with E-state index < -0.39 is 0 Å². The molecule has 4 aromatic carbocycles. The van der Waals surface area contributed by atoms with Gasteiger partial charge in [-0.3, -0.25) is 9.91 Å². The molecule has 1 aliphatic rings. The van der Waals surface area contributed by atoms with Gasteiger partial charge in [0.25, 0.3) is 0 Å². The number of piperazine rings is 1. The van der Waals surface area contributed by atoms with Crippen molar-refractivity contribution in [2.24, 2.45) is 5.10 Å². The third-order valence-electron chi connectivity index (χ3n) is 5.83. The average Bonchev–Trinajstić information content (AvgIpc) is 2.85. The Bertz CT molecular complexity index is 1190. The van der Waals surface area contributed by atoms with Crippen LogP contribution in [-0.4, -0.2) is 42.3 Å². The standard InChI is InChI=1S/C28H27N3O/c1-2-12-26(13-3-1)32-27-14-6-8-23(20-27)21-29-31-18-16-30(17-19-31)22-25-11-7-10-24-9-4-5-15-28(24)25/h1-15,20-21H,16-19,22H2/b29-21-. The van der Waals surface area contributed by atoms with Crippen LogP contribution in [-0.2, 0) is 6.54 Å². The van der Waals surface area contributed by atoms with Crippen LogP contribution in [0, 0.1) is 0 Å². The number of benzene rings is 4. The van der Waals surface area contributed by atoms with Gasteiger partial charge in [0, 0.05) is 32.7 Å². The molecule has 1 aliphatic heterocycles. The molecular weight excluding hydrogens is 394 g/mol. The SMILES string of the molecule is C(=N/N1CCN(Cc2cccc3ccccc23)CC1)/c1cccc(Oc2ccccc2)c1. The van der Waals surface area contributed by atoms with E-state index in [1.165, 1.54) is 16.3 Å². The topological polar surface area (TPSA) is 28.1 Å². The van der Waals surface area contributed by atoms with E-state index in [4.69, 9.17) is 9.84 Å². The zero-order valence-corrected chi connectivity index (χ0v) is 18.1.